The van der Waals surface area contributed by atoms with Gasteiger partial charge >= 0.3 is 0 Å². The van der Waals surface area contributed by atoms with Crippen molar-refractivity contribution in [1.29, 1.82) is 0 Å². The molecule has 1 heterocycles. The number of pyridine rings is 1. The highest BCUT2D eigenvalue weighted by Crippen LogP contribution is 2.21. The number of aryl methyl sites for hydroxylation is 1. The van der Waals surface area contributed by atoms with Crippen LogP contribution in [0.3, 0.4) is 0 Å². The van der Waals surface area contributed by atoms with Crippen LogP contribution in [0.1, 0.15) is 77.2 Å². The lowest BCUT2D eigenvalue weighted by atomic mass is 10.0. The minimum atomic E-state index is 0.592. The number of rotatable bonds is 16. The molecular weight excluding hydrogens is 358 g/mol. The van der Waals surface area contributed by atoms with E-state index in [2.05, 4.69) is 43.1 Å². The SMILES string of the molecule is CCCCCCCCCc1ccc(-c2ccc(OCCOCCCC)cc2)nc1. The lowest BCUT2D eigenvalue weighted by Crippen LogP contribution is -2.07. The topological polar surface area (TPSA) is 31.4 Å². The number of unbranched alkanes of at least 4 members (excludes halogenated alkanes) is 7. The number of aromatic nitrogens is 1. The maximum absolute atomic E-state index is 5.74. The summed E-state index contributed by atoms with van der Waals surface area (Å²) in [4.78, 5) is 4.66. The zero-order valence-electron chi connectivity index (χ0n) is 18.5. The molecule has 0 N–H and O–H groups in total. The minimum Gasteiger partial charge on any atom is -0.491 e. The Hall–Kier alpha value is -1.87. The Balaban J connectivity index is 1.68. The summed E-state index contributed by atoms with van der Waals surface area (Å²) in [5, 5.41) is 0. The maximum Gasteiger partial charge on any atom is 0.119 e. The van der Waals surface area contributed by atoms with Crippen LogP contribution in [0.2, 0.25) is 0 Å². The second-order valence-electron chi connectivity index (χ2n) is 7.76. The van der Waals surface area contributed by atoms with Crippen molar-refractivity contribution < 1.29 is 9.47 Å². The van der Waals surface area contributed by atoms with Crippen molar-refractivity contribution in [2.24, 2.45) is 0 Å². The van der Waals surface area contributed by atoms with Gasteiger partial charge in [-0.25, -0.2) is 0 Å². The van der Waals surface area contributed by atoms with Crippen molar-refractivity contribution in [3.63, 3.8) is 0 Å². The van der Waals surface area contributed by atoms with Crippen LogP contribution in [-0.2, 0) is 11.2 Å². The van der Waals surface area contributed by atoms with Gasteiger partial charge < -0.3 is 9.47 Å². The fourth-order valence-corrected chi connectivity index (χ4v) is 3.32. The minimum absolute atomic E-state index is 0.592. The molecule has 0 spiro atoms. The van der Waals surface area contributed by atoms with Gasteiger partial charge in [-0.1, -0.05) is 64.9 Å². The molecule has 160 valence electrons. The summed E-state index contributed by atoms with van der Waals surface area (Å²) in [5.41, 5.74) is 3.48. The molecule has 0 saturated carbocycles. The number of hydrogen-bond donors (Lipinski definition) is 0. The highest BCUT2D eigenvalue weighted by atomic mass is 16.5. The summed E-state index contributed by atoms with van der Waals surface area (Å²) in [7, 11) is 0. The van der Waals surface area contributed by atoms with Crippen molar-refractivity contribution in [3.05, 3.63) is 48.2 Å². The lowest BCUT2D eigenvalue weighted by Gasteiger charge is -2.08. The first-order valence-corrected chi connectivity index (χ1v) is 11.6. The van der Waals surface area contributed by atoms with Crippen LogP contribution in [0.5, 0.6) is 5.75 Å². The third-order valence-corrected chi connectivity index (χ3v) is 5.18. The molecule has 0 fully saturated rings. The maximum atomic E-state index is 5.74. The third-order valence-electron chi connectivity index (χ3n) is 5.18. The second-order valence-corrected chi connectivity index (χ2v) is 7.76. The van der Waals surface area contributed by atoms with E-state index in [0.29, 0.717) is 13.2 Å². The Bertz CT molecular complexity index is 637. The fraction of sp³-hybridized carbons (Fsp3) is 0.577. The molecule has 29 heavy (non-hydrogen) atoms. The Morgan fingerprint density at radius 2 is 1.41 bits per heavy atom. The van der Waals surface area contributed by atoms with E-state index < -0.39 is 0 Å². The highest BCUT2D eigenvalue weighted by molar-refractivity contribution is 5.60. The van der Waals surface area contributed by atoms with E-state index >= 15 is 0 Å². The highest BCUT2D eigenvalue weighted by Gasteiger charge is 2.02. The van der Waals surface area contributed by atoms with Gasteiger partial charge in [-0.2, -0.15) is 0 Å². The van der Waals surface area contributed by atoms with Crippen molar-refractivity contribution in [3.8, 4) is 17.0 Å². The van der Waals surface area contributed by atoms with E-state index in [9.17, 15) is 0 Å². The van der Waals surface area contributed by atoms with Crippen molar-refractivity contribution in [2.45, 2.75) is 78.1 Å². The van der Waals surface area contributed by atoms with Gasteiger partial charge in [-0.05, 0) is 55.2 Å². The van der Waals surface area contributed by atoms with Crippen LogP contribution in [0.15, 0.2) is 42.6 Å². The average molecular weight is 398 g/mol. The molecule has 0 saturated heterocycles. The van der Waals surface area contributed by atoms with Crippen LogP contribution in [0.25, 0.3) is 11.3 Å². The van der Waals surface area contributed by atoms with Gasteiger partial charge in [0.25, 0.3) is 0 Å². The molecule has 1 aromatic carbocycles. The van der Waals surface area contributed by atoms with E-state index in [1.165, 1.54) is 50.5 Å². The van der Waals surface area contributed by atoms with E-state index in [1.807, 2.05) is 18.3 Å². The van der Waals surface area contributed by atoms with Crippen LogP contribution >= 0.6 is 0 Å². The largest absolute Gasteiger partial charge is 0.491 e. The van der Waals surface area contributed by atoms with Crippen LogP contribution < -0.4 is 4.74 Å². The first kappa shape index (κ1) is 23.4. The summed E-state index contributed by atoms with van der Waals surface area (Å²) in [5.74, 6) is 0.878. The Morgan fingerprint density at radius 3 is 2.10 bits per heavy atom. The summed E-state index contributed by atoms with van der Waals surface area (Å²) in [6.45, 7) is 6.49. The van der Waals surface area contributed by atoms with Gasteiger partial charge in [0, 0.05) is 18.4 Å². The molecule has 2 rings (SSSR count). The molecule has 0 aliphatic carbocycles. The monoisotopic (exact) mass is 397 g/mol. The normalized spacial score (nSPS) is 11.0. The number of nitrogens with zero attached hydrogens (tertiary/aromatic N) is 1. The zero-order valence-corrected chi connectivity index (χ0v) is 18.5. The Kier molecular flexibility index (Phi) is 12.1. The van der Waals surface area contributed by atoms with Crippen LogP contribution in [-0.4, -0.2) is 24.8 Å². The first-order chi connectivity index (χ1) is 14.3. The third kappa shape index (κ3) is 9.94. The van der Waals surface area contributed by atoms with Gasteiger partial charge in [0.15, 0.2) is 0 Å². The average Bonchev–Trinajstić information content (AvgIpc) is 2.76. The molecule has 2 aromatic rings. The van der Waals surface area contributed by atoms with Gasteiger partial charge in [-0.15, -0.1) is 0 Å². The molecule has 0 unspecified atom stereocenters. The predicted octanol–water partition coefficient (Wildman–Crippen LogP) is 7.24. The van der Waals surface area contributed by atoms with Crippen molar-refractivity contribution >= 4 is 0 Å². The van der Waals surface area contributed by atoms with Gasteiger partial charge in [0.05, 0.1) is 12.3 Å². The molecule has 0 aliphatic rings. The number of hydrogen-bond acceptors (Lipinski definition) is 3. The van der Waals surface area contributed by atoms with E-state index in [0.717, 1.165) is 42.9 Å². The molecule has 0 atom stereocenters. The van der Waals surface area contributed by atoms with Crippen molar-refractivity contribution in [1.82, 2.24) is 4.98 Å². The molecule has 3 nitrogen and oxygen atoms in total. The van der Waals surface area contributed by atoms with E-state index in [1.54, 1.807) is 0 Å². The lowest BCUT2D eigenvalue weighted by molar-refractivity contribution is 0.0981. The standard InChI is InChI=1S/C26H39NO2/c1-3-5-7-8-9-10-11-12-23-13-18-26(27-22-23)24-14-16-25(17-15-24)29-21-20-28-19-6-4-2/h13-18,22H,3-12,19-21H2,1-2H3. The second kappa shape index (κ2) is 15.0. The summed E-state index contributed by atoms with van der Waals surface area (Å²) in [6, 6.07) is 12.5. The molecule has 0 amide bonds. The van der Waals surface area contributed by atoms with Gasteiger partial charge in [-0.3, -0.25) is 4.98 Å². The quantitative estimate of drug-likeness (QED) is 0.280. The smallest absolute Gasteiger partial charge is 0.119 e. The zero-order chi connectivity index (χ0) is 20.6. The van der Waals surface area contributed by atoms with Crippen molar-refractivity contribution in [2.75, 3.05) is 19.8 Å². The van der Waals surface area contributed by atoms with Crippen LogP contribution in [0.4, 0.5) is 0 Å². The van der Waals surface area contributed by atoms with E-state index in [-0.39, 0.29) is 0 Å². The number of ether oxygens (including phenoxy) is 2. The van der Waals surface area contributed by atoms with Gasteiger partial charge in [0.2, 0.25) is 0 Å². The predicted molar refractivity (Wildman–Crippen MR) is 123 cm³/mol. The Morgan fingerprint density at radius 1 is 0.690 bits per heavy atom. The van der Waals surface area contributed by atoms with Gasteiger partial charge in [0.1, 0.15) is 12.4 Å². The number of benzene rings is 1. The molecule has 3 heteroatoms. The molecule has 1 aromatic heterocycles. The molecular formula is C26H39NO2. The first-order valence-electron chi connectivity index (χ1n) is 11.6. The summed E-state index contributed by atoms with van der Waals surface area (Å²) in [6.07, 6.45) is 14.9. The Labute approximate surface area is 177 Å². The molecule has 0 radical (unpaired) electrons. The van der Waals surface area contributed by atoms with Crippen LogP contribution in [0, 0.1) is 0 Å². The molecule has 0 bridgehead atoms. The summed E-state index contributed by atoms with van der Waals surface area (Å²) < 4.78 is 11.3. The van der Waals surface area contributed by atoms with E-state index in [4.69, 9.17) is 9.47 Å². The summed E-state index contributed by atoms with van der Waals surface area (Å²) >= 11 is 0. The fourth-order valence-electron chi connectivity index (χ4n) is 3.32. The molecule has 0 aliphatic heterocycles.